The molecule has 4 atom stereocenters. The smallest absolute Gasteiger partial charge is 0.237 e. The van der Waals surface area contributed by atoms with E-state index in [1.54, 1.807) is 0 Å². The van der Waals surface area contributed by atoms with Crippen molar-refractivity contribution in [3.05, 3.63) is 0 Å². The van der Waals surface area contributed by atoms with Crippen LogP contribution in [0.3, 0.4) is 0 Å². The second kappa shape index (κ2) is 11.7. The van der Waals surface area contributed by atoms with Crippen LogP contribution in [0.2, 0.25) is 0 Å². The summed E-state index contributed by atoms with van der Waals surface area (Å²) < 4.78 is 0. The Bertz CT molecular complexity index is 468. The van der Waals surface area contributed by atoms with Crippen LogP contribution in [0.4, 0.5) is 0 Å². The molecule has 156 valence electrons. The Kier molecular flexibility index (Phi) is 9.60. The Morgan fingerprint density at radius 3 is 2.59 bits per heavy atom. The van der Waals surface area contributed by atoms with Crippen LogP contribution in [-0.4, -0.2) is 48.4 Å². The van der Waals surface area contributed by atoms with Crippen LogP contribution in [0.15, 0.2) is 0 Å². The number of rotatable bonds is 9. The molecule has 1 saturated carbocycles. The van der Waals surface area contributed by atoms with Gasteiger partial charge in [0.25, 0.3) is 0 Å². The van der Waals surface area contributed by atoms with Gasteiger partial charge in [0.15, 0.2) is 0 Å². The number of carbonyl (C=O) groups excluding carboxylic acids is 2. The maximum absolute atomic E-state index is 12.8. The first-order chi connectivity index (χ1) is 13.0. The van der Waals surface area contributed by atoms with Crippen molar-refractivity contribution >= 4 is 11.8 Å². The molecule has 2 amide bonds. The van der Waals surface area contributed by atoms with Gasteiger partial charge in [-0.05, 0) is 51.5 Å². The molecule has 0 bridgehead atoms. The highest BCUT2D eigenvalue weighted by atomic mass is 16.2. The van der Waals surface area contributed by atoms with Crippen molar-refractivity contribution in [2.45, 2.75) is 97.1 Å². The molecule has 2 fully saturated rings. The van der Waals surface area contributed by atoms with Crippen LogP contribution < -0.4 is 10.6 Å². The lowest BCUT2D eigenvalue weighted by atomic mass is 9.86. The standard InChI is InChI=1S/C22H41N3O2/c1-4-5-6-9-14-23-22(27)19-12-10-15-25(16-19)18(3)21(26)24-20-13-8-7-11-17(20)2/h17-20H,4-16H2,1-3H3,(H,23,27)(H,24,26). The van der Waals surface area contributed by atoms with E-state index in [0.29, 0.717) is 18.5 Å². The minimum Gasteiger partial charge on any atom is -0.356 e. The van der Waals surface area contributed by atoms with Crippen LogP contribution in [0.1, 0.15) is 85.0 Å². The summed E-state index contributed by atoms with van der Waals surface area (Å²) in [4.78, 5) is 27.4. The third kappa shape index (κ3) is 7.10. The van der Waals surface area contributed by atoms with Crippen LogP contribution >= 0.6 is 0 Å². The lowest BCUT2D eigenvalue weighted by molar-refractivity contribution is -0.132. The van der Waals surface area contributed by atoms with E-state index in [4.69, 9.17) is 0 Å². The molecule has 2 N–H and O–H groups in total. The third-order valence-corrected chi connectivity index (χ3v) is 6.52. The molecule has 2 rings (SSSR count). The molecule has 4 unspecified atom stereocenters. The Balaban J connectivity index is 1.76. The zero-order chi connectivity index (χ0) is 19.6. The molecule has 5 nitrogen and oxygen atoms in total. The van der Waals surface area contributed by atoms with Crippen LogP contribution in [-0.2, 0) is 9.59 Å². The maximum atomic E-state index is 12.8. The molecule has 27 heavy (non-hydrogen) atoms. The quantitative estimate of drug-likeness (QED) is 0.603. The summed E-state index contributed by atoms with van der Waals surface area (Å²) in [5, 5.41) is 6.39. The molecule has 0 spiro atoms. The number of unbranched alkanes of at least 4 members (excludes halogenated alkanes) is 3. The van der Waals surface area contributed by atoms with Gasteiger partial charge in [0.2, 0.25) is 11.8 Å². The van der Waals surface area contributed by atoms with Gasteiger partial charge in [-0.25, -0.2) is 0 Å². The zero-order valence-electron chi connectivity index (χ0n) is 17.8. The van der Waals surface area contributed by atoms with Crippen LogP contribution in [0, 0.1) is 11.8 Å². The summed E-state index contributed by atoms with van der Waals surface area (Å²) in [7, 11) is 0. The molecule has 1 aliphatic carbocycles. The fourth-order valence-electron chi connectivity index (χ4n) is 4.48. The van der Waals surface area contributed by atoms with E-state index in [2.05, 4.69) is 29.4 Å². The van der Waals surface area contributed by atoms with Gasteiger partial charge in [0, 0.05) is 19.1 Å². The minimum absolute atomic E-state index is 0.0220. The van der Waals surface area contributed by atoms with Gasteiger partial charge < -0.3 is 10.6 Å². The number of nitrogens with one attached hydrogen (secondary N) is 2. The van der Waals surface area contributed by atoms with Crippen molar-refractivity contribution in [3.63, 3.8) is 0 Å². The summed E-state index contributed by atoms with van der Waals surface area (Å²) in [6.07, 6.45) is 11.4. The fraction of sp³-hybridized carbons (Fsp3) is 0.909. The Labute approximate surface area is 166 Å². The summed E-state index contributed by atoms with van der Waals surface area (Å²) in [6, 6.07) is 0.167. The number of carbonyl (C=O) groups is 2. The van der Waals surface area contributed by atoms with Crippen molar-refractivity contribution in [1.29, 1.82) is 0 Å². The molecule has 1 saturated heterocycles. The SMILES string of the molecule is CCCCCCNC(=O)C1CCCN(C(C)C(=O)NC2CCCCC2C)C1. The Morgan fingerprint density at radius 1 is 1.07 bits per heavy atom. The van der Waals surface area contributed by atoms with Crippen molar-refractivity contribution in [3.8, 4) is 0 Å². The maximum Gasteiger partial charge on any atom is 0.237 e. The lowest BCUT2D eigenvalue weighted by Gasteiger charge is -2.37. The van der Waals surface area contributed by atoms with E-state index in [1.165, 1.54) is 38.5 Å². The summed E-state index contributed by atoms with van der Waals surface area (Å²) >= 11 is 0. The van der Waals surface area contributed by atoms with Crippen molar-refractivity contribution in [1.82, 2.24) is 15.5 Å². The molecule has 1 heterocycles. The van der Waals surface area contributed by atoms with Crippen LogP contribution in [0.5, 0.6) is 0 Å². The second-order valence-electron chi connectivity index (χ2n) is 8.74. The van der Waals surface area contributed by atoms with Crippen molar-refractivity contribution in [2.75, 3.05) is 19.6 Å². The largest absolute Gasteiger partial charge is 0.356 e. The van der Waals surface area contributed by atoms with Gasteiger partial charge in [0.05, 0.1) is 12.0 Å². The molecular weight excluding hydrogens is 338 g/mol. The van der Waals surface area contributed by atoms with Gasteiger partial charge in [-0.3, -0.25) is 14.5 Å². The van der Waals surface area contributed by atoms with E-state index in [-0.39, 0.29) is 23.8 Å². The molecule has 0 aromatic heterocycles. The van der Waals surface area contributed by atoms with Gasteiger partial charge in [-0.1, -0.05) is 46.0 Å². The number of amides is 2. The van der Waals surface area contributed by atoms with Gasteiger partial charge in [-0.2, -0.15) is 0 Å². The number of hydrogen-bond acceptors (Lipinski definition) is 3. The Hall–Kier alpha value is -1.10. The van der Waals surface area contributed by atoms with Crippen molar-refractivity contribution in [2.24, 2.45) is 11.8 Å². The second-order valence-corrected chi connectivity index (χ2v) is 8.74. The molecule has 1 aliphatic heterocycles. The molecule has 2 aliphatic rings. The van der Waals surface area contributed by atoms with E-state index < -0.39 is 0 Å². The van der Waals surface area contributed by atoms with Crippen molar-refractivity contribution < 1.29 is 9.59 Å². The monoisotopic (exact) mass is 379 g/mol. The third-order valence-electron chi connectivity index (χ3n) is 6.52. The van der Waals surface area contributed by atoms with E-state index >= 15 is 0 Å². The predicted molar refractivity (Wildman–Crippen MR) is 110 cm³/mol. The first-order valence-corrected chi connectivity index (χ1v) is 11.3. The molecular formula is C22H41N3O2. The molecule has 0 aromatic rings. The molecule has 0 radical (unpaired) electrons. The summed E-state index contributed by atoms with van der Waals surface area (Å²) in [5.41, 5.74) is 0. The zero-order valence-corrected chi connectivity index (χ0v) is 17.8. The topological polar surface area (TPSA) is 61.4 Å². The van der Waals surface area contributed by atoms with Gasteiger partial charge in [-0.15, -0.1) is 0 Å². The average Bonchev–Trinajstić information content (AvgIpc) is 2.69. The fourth-order valence-corrected chi connectivity index (χ4v) is 4.48. The highest BCUT2D eigenvalue weighted by Crippen LogP contribution is 2.24. The summed E-state index contributed by atoms with van der Waals surface area (Å²) in [5.74, 6) is 0.898. The predicted octanol–water partition coefficient (Wildman–Crippen LogP) is 3.48. The van der Waals surface area contributed by atoms with E-state index in [0.717, 1.165) is 38.8 Å². The highest BCUT2D eigenvalue weighted by Gasteiger charge is 2.32. The number of piperidine rings is 1. The first kappa shape index (κ1) is 22.2. The minimum atomic E-state index is -0.153. The number of nitrogens with zero attached hydrogens (tertiary/aromatic N) is 1. The normalized spacial score (nSPS) is 27.7. The highest BCUT2D eigenvalue weighted by molar-refractivity contribution is 5.82. The number of likely N-dealkylation sites (tertiary alicyclic amines) is 1. The van der Waals surface area contributed by atoms with Gasteiger partial charge >= 0.3 is 0 Å². The van der Waals surface area contributed by atoms with E-state index in [1.807, 2.05) is 6.92 Å². The molecule has 0 aromatic carbocycles. The van der Waals surface area contributed by atoms with E-state index in [9.17, 15) is 9.59 Å². The number of hydrogen-bond donors (Lipinski definition) is 2. The molecule has 5 heteroatoms. The van der Waals surface area contributed by atoms with Gasteiger partial charge in [0.1, 0.15) is 0 Å². The average molecular weight is 380 g/mol. The first-order valence-electron chi connectivity index (χ1n) is 11.3. The summed E-state index contributed by atoms with van der Waals surface area (Å²) in [6.45, 7) is 8.83. The lowest BCUT2D eigenvalue weighted by Crippen LogP contribution is -2.54. The Morgan fingerprint density at radius 2 is 1.85 bits per heavy atom. The van der Waals surface area contributed by atoms with Crippen LogP contribution in [0.25, 0.3) is 0 Å².